The average molecular weight is 403 g/mol. The van der Waals surface area contributed by atoms with Crippen LogP contribution in [0.4, 0.5) is 5.82 Å². The average Bonchev–Trinajstić information content (AvgIpc) is 3.41. The maximum atomic E-state index is 10.3. The zero-order valence-electron chi connectivity index (χ0n) is 16.1. The number of hydrogen-bond acceptors (Lipinski definition) is 9. The predicted molar refractivity (Wildman–Crippen MR) is 103 cm³/mol. The molecule has 0 aliphatic carbocycles. The van der Waals surface area contributed by atoms with Crippen LogP contribution in [-0.4, -0.2) is 69.5 Å². The number of rotatable bonds is 7. The second-order valence-corrected chi connectivity index (χ2v) is 7.18. The normalized spacial score (nSPS) is 24.6. The molecule has 1 aliphatic heterocycles. The summed E-state index contributed by atoms with van der Waals surface area (Å²) in [5.74, 6) is 0.569. The van der Waals surface area contributed by atoms with Crippen LogP contribution >= 0.6 is 0 Å². The van der Waals surface area contributed by atoms with Crippen molar-refractivity contribution in [3.05, 3.63) is 18.7 Å². The molecule has 0 aromatic carbocycles. The lowest BCUT2D eigenvalue weighted by Crippen LogP contribution is -2.33. The van der Waals surface area contributed by atoms with Crippen molar-refractivity contribution < 1.29 is 20.1 Å². The minimum Gasteiger partial charge on any atom is -0.394 e. The van der Waals surface area contributed by atoms with Gasteiger partial charge in [0.2, 0.25) is 0 Å². The Kier molecular flexibility index (Phi) is 5.46. The van der Waals surface area contributed by atoms with Gasteiger partial charge in [-0.3, -0.25) is 9.25 Å². The van der Waals surface area contributed by atoms with Crippen LogP contribution in [0.5, 0.6) is 0 Å². The monoisotopic (exact) mass is 403 g/mol. The van der Waals surface area contributed by atoms with Gasteiger partial charge in [0.05, 0.1) is 24.7 Å². The van der Waals surface area contributed by atoms with E-state index in [2.05, 4.69) is 27.0 Å². The number of aliphatic hydroxyl groups excluding tert-OH is 3. The number of imidazole rings is 1. The topological polar surface area (TPSA) is 157 Å². The second-order valence-electron chi connectivity index (χ2n) is 7.18. The van der Waals surface area contributed by atoms with E-state index in [1.54, 1.807) is 6.20 Å². The molecule has 29 heavy (non-hydrogen) atoms. The number of anilines is 1. The standard InChI is InChI=1S/C18H25N7O4/c1-2-3-4-5-24-7-10(6-21-24)16-22-15(19)12-17(23-16)25(9-20-12)18-14(28)13(27)11(8-26)29-18/h6-7,9,11,13-14,18,26-28H,2-5,8H2,1H3,(H2,19,22,23)/t11-,13+,14+,18-/m1/s1. The minimum absolute atomic E-state index is 0.189. The Bertz CT molecular complexity index is 988. The van der Waals surface area contributed by atoms with Gasteiger partial charge >= 0.3 is 0 Å². The van der Waals surface area contributed by atoms with E-state index in [1.165, 1.54) is 10.9 Å². The molecule has 11 nitrogen and oxygen atoms in total. The summed E-state index contributed by atoms with van der Waals surface area (Å²) in [4.78, 5) is 13.1. The first-order chi connectivity index (χ1) is 14.0. The molecule has 4 rings (SSSR count). The third-order valence-corrected chi connectivity index (χ3v) is 5.12. The van der Waals surface area contributed by atoms with Crippen LogP contribution in [0.1, 0.15) is 32.4 Å². The van der Waals surface area contributed by atoms with E-state index in [0.717, 1.165) is 25.8 Å². The SMILES string of the molecule is CCCCCn1cc(-c2nc(N)c3ncn([C@@H]4O[C@H](CO)[C@H](O)[C@@H]4O)c3n2)cn1. The highest BCUT2D eigenvalue weighted by molar-refractivity contribution is 5.83. The van der Waals surface area contributed by atoms with Crippen LogP contribution in [-0.2, 0) is 11.3 Å². The van der Waals surface area contributed by atoms with Gasteiger partial charge in [-0.25, -0.2) is 15.0 Å². The third-order valence-electron chi connectivity index (χ3n) is 5.12. The summed E-state index contributed by atoms with van der Waals surface area (Å²) in [6.45, 7) is 2.54. The number of aliphatic hydroxyl groups is 3. The van der Waals surface area contributed by atoms with Crippen molar-refractivity contribution in [2.75, 3.05) is 12.3 Å². The Morgan fingerprint density at radius 3 is 2.76 bits per heavy atom. The summed E-state index contributed by atoms with van der Waals surface area (Å²) in [6, 6.07) is 0. The van der Waals surface area contributed by atoms with Gasteiger partial charge in [0.15, 0.2) is 23.5 Å². The van der Waals surface area contributed by atoms with Crippen molar-refractivity contribution in [1.29, 1.82) is 0 Å². The minimum atomic E-state index is -1.24. The first-order valence-corrected chi connectivity index (χ1v) is 9.68. The van der Waals surface area contributed by atoms with Crippen LogP contribution < -0.4 is 5.73 Å². The number of nitrogens with zero attached hydrogens (tertiary/aromatic N) is 6. The molecule has 156 valence electrons. The summed E-state index contributed by atoms with van der Waals surface area (Å²) in [7, 11) is 0. The molecule has 11 heteroatoms. The van der Waals surface area contributed by atoms with E-state index in [0.29, 0.717) is 22.6 Å². The zero-order chi connectivity index (χ0) is 20.5. The van der Waals surface area contributed by atoms with Crippen molar-refractivity contribution >= 4 is 17.0 Å². The summed E-state index contributed by atoms with van der Waals surface area (Å²) < 4.78 is 8.92. The molecule has 0 saturated carbocycles. The molecule has 0 amide bonds. The lowest BCUT2D eigenvalue weighted by atomic mass is 10.1. The lowest BCUT2D eigenvalue weighted by Gasteiger charge is -2.16. The van der Waals surface area contributed by atoms with Gasteiger partial charge in [-0.15, -0.1) is 0 Å². The van der Waals surface area contributed by atoms with E-state index in [-0.39, 0.29) is 5.82 Å². The van der Waals surface area contributed by atoms with E-state index in [4.69, 9.17) is 10.5 Å². The molecule has 1 saturated heterocycles. The number of nitrogens with two attached hydrogens (primary N) is 1. The van der Waals surface area contributed by atoms with Gasteiger partial charge in [0.1, 0.15) is 23.8 Å². The summed E-state index contributed by atoms with van der Waals surface area (Å²) >= 11 is 0. The largest absolute Gasteiger partial charge is 0.394 e. The van der Waals surface area contributed by atoms with Gasteiger partial charge in [-0.1, -0.05) is 19.8 Å². The molecule has 4 heterocycles. The van der Waals surface area contributed by atoms with E-state index < -0.39 is 31.1 Å². The Morgan fingerprint density at radius 1 is 1.21 bits per heavy atom. The van der Waals surface area contributed by atoms with Crippen LogP contribution in [0.2, 0.25) is 0 Å². The molecular weight excluding hydrogens is 378 g/mol. The quantitative estimate of drug-likeness (QED) is 0.401. The van der Waals surface area contributed by atoms with Crippen LogP contribution in [0.15, 0.2) is 18.7 Å². The summed E-state index contributed by atoms with van der Waals surface area (Å²) in [6.07, 6.45) is 3.96. The molecule has 0 spiro atoms. The van der Waals surface area contributed by atoms with Crippen LogP contribution in [0.25, 0.3) is 22.6 Å². The van der Waals surface area contributed by atoms with Crippen molar-refractivity contribution in [3.63, 3.8) is 0 Å². The highest BCUT2D eigenvalue weighted by Crippen LogP contribution is 2.32. The Morgan fingerprint density at radius 2 is 2.03 bits per heavy atom. The highest BCUT2D eigenvalue weighted by Gasteiger charge is 2.44. The molecule has 3 aromatic rings. The smallest absolute Gasteiger partial charge is 0.168 e. The van der Waals surface area contributed by atoms with Crippen molar-refractivity contribution in [2.45, 2.75) is 57.3 Å². The van der Waals surface area contributed by atoms with E-state index in [1.807, 2.05) is 10.9 Å². The van der Waals surface area contributed by atoms with Gasteiger partial charge in [0, 0.05) is 12.7 Å². The molecule has 1 aliphatic rings. The van der Waals surface area contributed by atoms with Crippen molar-refractivity contribution in [3.8, 4) is 11.4 Å². The van der Waals surface area contributed by atoms with Gasteiger partial charge in [-0.05, 0) is 6.42 Å². The molecular formula is C18H25N7O4. The first-order valence-electron chi connectivity index (χ1n) is 9.68. The molecule has 1 fully saturated rings. The second kappa shape index (κ2) is 8.03. The van der Waals surface area contributed by atoms with Crippen LogP contribution in [0.3, 0.4) is 0 Å². The molecule has 0 unspecified atom stereocenters. The Labute approximate surface area is 166 Å². The number of aryl methyl sites for hydroxylation is 1. The number of ether oxygens (including phenoxy) is 1. The van der Waals surface area contributed by atoms with E-state index in [9.17, 15) is 15.3 Å². The van der Waals surface area contributed by atoms with Crippen molar-refractivity contribution in [1.82, 2.24) is 29.3 Å². The number of unbranched alkanes of at least 4 members (excludes halogenated alkanes) is 2. The maximum Gasteiger partial charge on any atom is 0.168 e. The third kappa shape index (κ3) is 3.57. The maximum absolute atomic E-state index is 10.3. The van der Waals surface area contributed by atoms with Gasteiger partial charge in [0.25, 0.3) is 0 Å². The first kappa shape index (κ1) is 19.7. The number of hydrogen-bond donors (Lipinski definition) is 4. The van der Waals surface area contributed by atoms with Crippen LogP contribution in [0, 0.1) is 0 Å². The Hall–Kier alpha value is -2.60. The van der Waals surface area contributed by atoms with Gasteiger partial charge in [-0.2, -0.15) is 5.10 Å². The highest BCUT2D eigenvalue weighted by atomic mass is 16.6. The number of aromatic nitrogens is 6. The summed E-state index contributed by atoms with van der Waals surface area (Å²) in [5, 5.41) is 34.0. The molecule has 5 N–H and O–H groups in total. The lowest BCUT2D eigenvalue weighted by molar-refractivity contribution is -0.0511. The fourth-order valence-electron chi connectivity index (χ4n) is 3.49. The molecule has 0 bridgehead atoms. The van der Waals surface area contributed by atoms with Gasteiger partial charge < -0.3 is 25.8 Å². The Balaban J connectivity index is 1.67. The number of nitrogen functional groups attached to an aromatic ring is 1. The fraction of sp³-hybridized carbons (Fsp3) is 0.556. The van der Waals surface area contributed by atoms with E-state index >= 15 is 0 Å². The zero-order valence-corrected chi connectivity index (χ0v) is 16.1. The number of fused-ring (bicyclic) bond motifs is 1. The molecule has 4 atom stereocenters. The fourth-order valence-corrected chi connectivity index (χ4v) is 3.49. The van der Waals surface area contributed by atoms with Crippen molar-refractivity contribution in [2.24, 2.45) is 0 Å². The molecule has 0 radical (unpaired) electrons. The summed E-state index contributed by atoms with van der Waals surface area (Å²) in [5.41, 5.74) is 7.52. The molecule has 3 aromatic heterocycles. The predicted octanol–water partition coefficient (Wildman–Crippen LogP) is 0.0737.